The Kier molecular flexibility index (Phi) is 5.25. The van der Waals surface area contributed by atoms with Crippen LogP contribution < -0.4 is 14.2 Å². The van der Waals surface area contributed by atoms with Gasteiger partial charge in [0.2, 0.25) is 5.90 Å². The van der Waals surface area contributed by atoms with E-state index in [0.29, 0.717) is 28.4 Å². The van der Waals surface area contributed by atoms with Crippen molar-refractivity contribution in [2.75, 3.05) is 21.3 Å². The van der Waals surface area contributed by atoms with Crippen LogP contribution in [-0.4, -0.2) is 38.1 Å². The lowest BCUT2D eigenvalue weighted by Gasteiger charge is -2.12. The van der Waals surface area contributed by atoms with Gasteiger partial charge in [0.25, 0.3) is 5.69 Å². The largest absolute Gasteiger partial charge is 0.496 e. The fourth-order valence-electron chi connectivity index (χ4n) is 2.60. The van der Waals surface area contributed by atoms with Crippen LogP contribution in [0.3, 0.4) is 0 Å². The van der Waals surface area contributed by atoms with Crippen LogP contribution in [0.1, 0.15) is 11.1 Å². The first-order valence-corrected chi connectivity index (χ1v) is 8.04. The molecule has 9 nitrogen and oxygen atoms in total. The molecule has 0 spiro atoms. The van der Waals surface area contributed by atoms with Gasteiger partial charge < -0.3 is 18.9 Å². The monoisotopic (exact) mass is 384 g/mol. The highest BCUT2D eigenvalue weighted by Crippen LogP contribution is 2.36. The van der Waals surface area contributed by atoms with Crippen molar-refractivity contribution in [1.29, 1.82) is 0 Å². The minimum atomic E-state index is -0.682. The molecule has 0 bridgehead atoms. The molecule has 0 unspecified atom stereocenters. The Bertz CT molecular complexity index is 1010. The molecular weight excluding hydrogens is 368 g/mol. The summed E-state index contributed by atoms with van der Waals surface area (Å²) in [6.07, 6.45) is 1.48. The number of hydrogen-bond acceptors (Lipinski definition) is 8. The number of nitro groups is 1. The number of carbonyl (C=O) groups is 1. The van der Waals surface area contributed by atoms with Crippen molar-refractivity contribution in [3.05, 3.63) is 63.3 Å². The number of cyclic esters (lactones) is 1. The summed E-state index contributed by atoms with van der Waals surface area (Å²) in [6.45, 7) is 0. The van der Waals surface area contributed by atoms with Gasteiger partial charge in [0.1, 0.15) is 5.75 Å². The summed E-state index contributed by atoms with van der Waals surface area (Å²) in [4.78, 5) is 26.8. The highest BCUT2D eigenvalue weighted by atomic mass is 16.6. The summed E-state index contributed by atoms with van der Waals surface area (Å²) in [5.41, 5.74) is 0.739. The van der Waals surface area contributed by atoms with E-state index >= 15 is 0 Å². The average molecular weight is 384 g/mol. The van der Waals surface area contributed by atoms with Gasteiger partial charge >= 0.3 is 5.97 Å². The van der Waals surface area contributed by atoms with Gasteiger partial charge in [0.05, 0.1) is 26.3 Å². The van der Waals surface area contributed by atoms with Gasteiger partial charge in [-0.25, -0.2) is 9.79 Å². The van der Waals surface area contributed by atoms with Crippen molar-refractivity contribution in [3.63, 3.8) is 0 Å². The quantitative estimate of drug-likeness (QED) is 0.326. The first-order chi connectivity index (χ1) is 13.5. The minimum absolute atomic E-state index is 0.0145. The van der Waals surface area contributed by atoms with E-state index in [0.717, 1.165) is 0 Å². The number of hydrogen-bond donors (Lipinski definition) is 0. The number of ether oxygens (including phenoxy) is 4. The van der Waals surface area contributed by atoms with Crippen molar-refractivity contribution < 1.29 is 28.7 Å². The van der Waals surface area contributed by atoms with Crippen LogP contribution in [0.25, 0.3) is 6.08 Å². The zero-order chi connectivity index (χ0) is 20.3. The molecule has 1 aliphatic rings. The Morgan fingerprint density at radius 2 is 1.71 bits per heavy atom. The fraction of sp³-hybridized carbons (Fsp3) is 0.158. The zero-order valence-electron chi connectivity index (χ0n) is 15.3. The predicted octanol–water partition coefficient (Wildman–Crippen LogP) is 2.97. The number of aliphatic imine (C=N–C) groups is 1. The first kappa shape index (κ1) is 18.9. The molecule has 144 valence electrons. The van der Waals surface area contributed by atoms with Crippen LogP contribution in [-0.2, 0) is 9.53 Å². The van der Waals surface area contributed by atoms with E-state index in [1.54, 1.807) is 18.2 Å². The standard InChI is InChI=1S/C19H16N2O7/c1-25-15-10-17(27-3)16(26-2)9-12(15)8-14-19(22)28-18(20-14)11-5-4-6-13(7-11)21(23)24/h4-10H,1-3H3/b14-8-. The Hall–Kier alpha value is -3.88. The van der Waals surface area contributed by atoms with Crippen molar-refractivity contribution in [2.24, 2.45) is 4.99 Å². The van der Waals surface area contributed by atoms with E-state index in [1.807, 2.05) is 0 Å². The van der Waals surface area contributed by atoms with Gasteiger partial charge in [-0.05, 0) is 18.2 Å². The van der Waals surface area contributed by atoms with Gasteiger partial charge in [-0.1, -0.05) is 6.07 Å². The zero-order valence-corrected chi connectivity index (χ0v) is 15.3. The van der Waals surface area contributed by atoms with E-state index in [4.69, 9.17) is 18.9 Å². The number of esters is 1. The maximum absolute atomic E-state index is 12.2. The van der Waals surface area contributed by atoms with E-state index < -0.39 is 10.9 Å². The number of benzene rings is 2. The van der Waals surface area contributed by atoms with Crippen LogP contribution in [0, 0.1) is 10.1 Å². The van der Waals surface area contributed by atoms with E-state index in [-0.39, 0.29) is 17.3 Å². The number of nitrogens with zero attached hydrogens (tertiary/aromatic N) is 2. The Morgan fingerprint density at radius 1 is 1.04 bits per heavy atom. The SMILES string of the molecule is COc1cc(OC)c(OC)cc1/C=C1\N=C(c2cccc([N+](=O)[O-])c2)OC1=O. The number of carbonyl (C=O) groups excluding carboxylic acids is 1. The first-order valence-electron chi connectivity index (χ1n) is 8.04. The second-order valence-electron chi connectivity index (χ2n) is 5.59. The van der Waals surface area contributed by atoms with Crippen LogP contribution >= 0.6 is 0 Å². The molecule has 1 aliphatic heterocycles. The minimum Gasteiger partial charge on any atom is -0.496 e. The topological polar surface area (TPSA) is 109 Å². The van der Waals surface area contributed by atoms with Gasteiger partial charge in [-0.2, -0.15) is 0 Å². The summed E-state index contributed by atoms with van der Waals surface area (Å²) in [7, 11) is 4.47. The smallest absolute Gasteiger partial charge is 0.363 e. The maximum Gasteiger partial charge on any atom is 0.363 e. The highest BCUT2D eigenvalue weighted by Gasteiger charge is 2.26. The lowest BCUT2D eigenvalue weighted by atomic mass is 10.1. The van der Waals surface area contributed by atoms with E-state index in [9.17, 15) is 14.9 Å². The number of non-ortho nitro benzene ring substituents is 1. The Labute approximate surface area is 160 Å². The van der Waals surface area contributed by atoms with Crippen LogP contribution in [0.4, 0.5) is 5.69 Å². The molecule has 1 heterocycles. The van der Waals surface area contributed by atoms with Crippen molar-refractivity contribution >= 4 is 23.6 Å². The van der Waals surface area contributed by atoms with E-state index in [1.165, 1.54) is 45.6 Å². The highest BCUT2D eigenvalue weighted by molar-refractivity contribution is 6.13. The number of nitro benzene ring substituents is 1. The van der Waals surface area contributed by atoms with Crippen molar-refractivity contribution in [2.45, 2.75) is 0 Å². The number of rotatable bonds is 6. The van der Waals surface area contributed by atoms with Gasteiger partial charge in [-0.15, -0.1) is 0 Å². The summed E-state index contributed by atoms with van der Waals surface area (Å²) in [5.74, 6) is 0.662. The second-order valence-corrected chi connectivity index (χ2v) is 5.59. The Balaban J connectivity index is 2.02. The summed E-state index contributed by atoms with van der Waals surface area (Å²) in [6, 6.07) is 8.94. The van der Waals surface area contributed by atoms with Crippen LogP contribution in [0.2, 0.25) is 0 Å². The molecule has 0 amide bonds. The molecule has 28 heavy (non-hydrogen) atoms. The fourth-order valence-corrected chi connectivity index (χ4v) is 2.60. The molecule has 0 N–H and O–H groups in total. The van der Waals surface area contributed by atoms with Crippen LogP contribution in [0.15, 0.2) is 47.1 Å². The molecule has 0 aliphatic carbocycles. The molecule has 2 aromatic carbocycles. The molecule has 2 aromatic rings. The van der Waals surface area contributed by atoms with Crippen molar-refractivity contribution in [3.8, 4) is 17.2 Å². The van der Waals surface area contributed by atoms with Gasteiger partial charge in [0, 0.05) is 29.3 Å². The van der Waals surface area contributed by atoms with Gasteiger partial charge in [-0.3, -0.25) is 10.1 Å². The van der Waals surface area contributed by atoms with Crippen molar-refractivity contribution in [1.82, 2.24) is 0 Å². The molecule has 0 atom stereocenters. The predicted molar refractivity (Wildman–Crippen MR) is 99.8 cm³/mol. The van der Waals surface area contributed by atoms with E-state index in [2.05, 4.69) is 4.99 Å². The third-order valence-corrected chi connectivity index (χ3v) is 3.95. The molecule has 0 radical (unpaired) electrons. The summed E-state index contributed by atoms with van der Waals surface area (Å²) >= 11 is 0. The molecule has 9 heteroatoms. The third kappa shape index (κ3) is 3.63. The molecular formula is C19H16N2O7. The Morgan fingerprint density at radius 3 is 2.36 bits per heavy atom. The third-order valence-electron chi connectivity index (χ3n) is 3.95. The van der Waals surface area contributed by atoms with Gasteiger partial charge in [0.15, 0.2) is 17.2 Å². The second kappa shape index (κ2) is 7.78. The lowest BCUT2D eigenvalue weighted by molar-refractivity contribution is -0.384. The molecule has 0 saturated carbocycles. The average Bonchev–Trinajstić information content (AvgIpc) is 3.08. The van der Waals surface area contributed by atoms with Crippen LogP contribution in [0.5, 0.6) is 17.2 Å². The summed E-state index contributed by atoms with van der Waals surface area (Å²) in [5, 5.41) is 10.9. The lowest BCUT2D eigenvalue weighted by Crippen LogP contribution is -2.05. The molecule has 3 rings (SSSR count). The maximum atomic E-state index is 12.2. The normalized spacial score (nSPS) is 14.5. The molecule has 0 aromatic heterocycles. The summed E-state index contributed by atoms with van der Waals surface area (Å²) < 4.78 is 21.0. The number of methoxy groups -OCH3 is 3. The molecule has 0 fully saturated rings. The molecule has 0 saturated heterocycles.